The van der Waals surface area contributed by atoms with E-state index in [0.717, 1.165) is 78.9 Å². The molecule has 0 saturated carbocycles. The molecule has 7 heteroatoms. The molecule has 2 aromatic heterocycles. The number of pyridine rings is 2. The Morgan fingerprint density at radius 3 is 2.63 bits per heavy atom. The van der Waals surface area contributed by atoms with Crippen LogP contribution >= 0.6 is 0 Å². The van der Waals surface area contributed by atoms with Gasteiger partial charge >= 0.3 is 0 Å². The number of amides is 1. The van der Waals surface area contributed by atoms with Gasteiger partial charge in [-0.1, -0.05) is 30.7 Å². The van der Waals surface area contributed by atoms with Crippen LogP contribution in [0, 0.1) is 0 Å². The lowest BCUT2D eigenvalue weighted by Crippen LogP contribution is -2.42. The third-order valence-electron chi connectivity index (χ3n) is 7.72. The second-order valence-electron chi connectivity index (χ2n) is 10.7. The first-order valence-corrected chi connectivity index (χ1v) is 14.1. The lowest BCUT2D eigenvalue weighted by molar-refractivity contribution is -0.117. The largest absolute Gasteiger partial charge is 0.384 e. The normalized spacial score (nSPS) is 17.7. The maximum Gasteiger partial charge on any atom is 0.244 e. The Morgan fingerprint density at radius 1 is 1.05 bits per heavy atom. The maximum atomic E-state index is 12.4. The standard InChI is InChI=1S/C31H40N6O/c1-36-20-13-26(14-21-36)34-31(38)11-8-24-6-9-25(10-7-24)29-22-30(27-23-32-16-12-28(27)35-29)33-15-5-19-37-17-3-2-4-18-37/h6-12,16,22-23,26H,2-5,13-15,17-21H2,1H3,(H,33,35)(H,34,38)/b11-8+. The van der Waals surface area contributed by atoms with Crippen molar-refractivity contribution in [3.63, 3.8) is 0 Å². The van der Waals surface area contributed by atoms with Gasteiger partial charge in [-0.2, -0.15) is 0 Å². The molecular formula is C31H40N6O. The number of aromatic nitrogens is 2. The summed E-state index contributed by atoms with van der Waals surface area (Å²) >= 11 is 0. The Kier molecular flexibility index (Phi) is 8.99. The van der Waals surface area contributed by atoms with Crippen molar-refractivity contribution in [3.05, 3.63) is 60.4 Å². The number of carbonyl (C=O) groups is 1. The zero-order valence-electron chi connectivity index (χ0n) is 22.5. The minimum absolute atomic E-state index is 0.0237. The van der Waals surface area contributed by atoms with Crippen LogP contribution in [0.4, 0.5) is 5.69 Å². The van der Waals surface area contributed by atoms with Gasteiger partial charge in [0.2, 0.25) is 5.91 Å². The highest BCUT2D eigenvalue weighted by Crippen LogP contribution is 2.28. The van der Waals surface area contributed by atoms with Crippen LogP contribution in [0.1, 0.15) is 44.1 Å². The summed E-state index contributed by atoms with van der Waals surface area (Å²) in [6.07, 6.45) is 14.4. The molecule has 2 aliphatic rings. The van der Waals surface area contributed by atoms with E-state index in [2.05, 4.69) is 50.7 Å². The topological polar surface area (TPSA) is 73.4 Å². The predicted octanol–water partition coefficient (Wildman–Crippen LogP) is 4.81. The highest BCUT2D eigenvalue weighted by molar-refractivity contribution is 5.93. The number of rotatable bonds is 9. The van der Waals surface area contributed by atoms with Crippen LogP contribution in [-0.4, -0.2) is 78.0 Å². The molecule has 0 unspecified atom stereocenters. The average Bonchev–Trinajstić information content (AvgIpc) is 2.96. The molecule has 0 spiro atoms. The van der Waals surface area contributed by atoms with E-state index in [1.807, 2.05) is 30.5 Å². The van der Waals surface area contributed by atoms with Gasteiger partial charge in [0, 0.05) is 47.7 Å². The minimum Gasteiger partial charge on any atom is -0.384 e. The molecule has 200 valence electrons. The van der Waals surface area contributed by atoms with Crippen molar-refractivity contribution in [2.24, 2.45) is 0 Å². The lowest BCUT2D eigenvalue weighted by atomic mass is 10.1. The van der Waals surface area contributed by atoms with E-state index < -0.39 is 0 Å². The Labute approximate surface area is 226 Å². The Hall–Kier alpha value is -3.29. The van der Waals surface area contributed by atoms with Gasteiger partial charge in [-0.3, -0.25) is 9.78 Å². The summed E-state index contributed by atoms with van der Waals surface area (Å²) in [7, 11) is 2.13. The molecule has 2 aliphatic heterocycles. The van der Waals surface area contributed by atoms with Crippen molar-refractivity contribution in [1.82, 2.24) is 25.1 Å². The first kappa shape index (κ1) is 26.3. The first-order valence-electron chi connectivity index (χ1n) is 14.1. The summed E-state index contributed by atoms with van der Waals surface area (Å²) in [5, 5.41) is 7.83. The van der Waals surface area contributed by atoms with Crippen LogP contribution in [0.25, 0.3) is 28.2 Å². The van der Waals surface area contributed by atoms with Crippen molar-refractivity contribution in [2.45, 2.75) is 44.6 Å². The summed E-state index contributed by atoms with van der Waals surface area (Å²) in [5.41, 5.74) is 4.98. The highest BCUT2D eigenvalue weighted by atomic mass is 16.1. The molecule has 0 atom stereocenters. The van der Waals surface area contributed by atoms with Crippen LogP contribution < -0.4 is 10.6 Å². The zero-order chi connectivity index (χ0) is 26.2. The van der Waals surface area contributed by atoms with Crippen LogP contribution in [0.3, 0.4) is 0 Å². The van der Waals surface area contributed by atoms with E-state index in [0.29, 0.717) is 0 Å². The van der Waals surface area contributed by atoms with Crippen molar-refractivity contribution >= 4 is 28.6 Å². The predicted molar refractivity (Wildman–Crippen MR) is 156 cm³/mol. The summed E-state index contributed by atoms with van der Waals surface area (Å²) in [6, 6.07) is 12.6. The molecule has 5 rings (SSSR count). The number of likely N-dealkylation sites (tertiary alicyclic amines) is 2. The van der Waals surface area contributed by atoms with Crippen molar-refractivity contribution in [2.75, 3.05) is 51.6 Å². The number of hydrogen-bond donors (Lipinski definition) is 2. The summed E-state index contributed by atoms with van der Waals surface area (Å²) in [4.78, 5) is 26.5. The summed E-state index contributed by atoms with van der Waals surface area (Å²) in [5.74, 6) is -0.0237. The van der Waals surface area contributed by atoms with E-state index in [4.69, 9.17) is 4.98 Å². The maximum absolute atomic E-state index is 12.4. The lowest BCUT2D eigenvalue weighted by Gasteiger charge is -2.29. The van der Waals surface area contributed by atoms with E-state index in [1.54, 1.807) is 12.3 Å². The quantitative estimate of drug-likeness (QED) is 0.317. The molecule has 2 saturated heterocycles. The zero-order valence-corrected chi connectivity index (χ0v) is 22.5. The molecule has 0 bridgehead atoms. The van der Waals surface area contributed by atoms with Gasteiger partial charge in [0.05, 0.1) is 11.2 Å². The van der Waals surface area contributed by atoms with E-state index >= 15 is 0 Å². The van der Waals surface area contributed by atoms with Gasteiger partial charge in [-0.05, 0) is 95.6 Å². The number of hydrogen-bond acceptors (Lipinski definition) is 6. The number of fused-ring (bicyclic) bond motifs is 1. The Morgan fingerprint density at radius 2 is 1.84 bits per heavy atom. The van der Waals surface area contributed by atoms with Gasteiger partial charge in [0.1, 0.15) is 0 Å². The van der Waals surface area contributed by atoms with Gasteiger partial charge < -0.3 is 20.4 Å². The van der Waals surface area contributed by atoms with Crippen molar-refractivity contribution in [1.29, 1.82) is 0 Å². The average molecular weight is 513 g/mol. The fourth-order valence-corrected chi connectivity index (χ4v) is 5.41. The van der Waals surface area contributed by atoms with Crippen LogP contribution in [0.15, 0.2) is 54.9 Å². The fourth-order valence-electron chi connectivity index (χ4n) is 5.41. The molecular weight excluding hydrogens is 472 g/mol. The number of nitrogens with zero attached hydrogens (tertiary/aromatic N) is 4. The molecule has 2 fully saturated rings. The van der Waals surface area contributed by atoms with Crippen LogP contribution in [0.5, 0.6) is 0 Å². The van der Waals surface area contributed by atoms with Crippen LogP contribution in [0.2, 0.25) is 0 Å². The molecule has 1 aromatic carbocycles. The molecule has 38 heavy (non-hydrogen) atoms. The monoisotopic (exact) mass is 512 g/mol. The molecule has 7 nitrogen and oxygen atoms in total. The third-order valence-corrected chi connectivity index (χ3v) is 7.72. The SMILES string of the molecule is CN1CCC(NC(=O)/C=C/c2ccc(-c3cc(NCCCN4CCCCC4)c4cnccc4n3)cc2)CC1. The van der Waals surface area contributed by atoms with E-state index in [9.17, 15) is 4.79 Å². The van der Waals surface area contributed by atoms with Gasteiger partial charge in [0.15, 0.2) is 0 Å². The number of piperidine rings is 2. The second-order valence-corrected chi connectivity index (χ2v) is 10.7. The highest BCUT2D eigenvalue weighted by Gasteiger charge is 2.17. The van der Waals surface area contributed by atoms with Gasteiger partial charge in [-0.15, -0.1) is 0 Å². The first-order chi connectivity index (χ1) is 18.6. The number of benzene rings is 1. The second kappa shape index (κ2) is 13.0. The van der Waals surface area contributed by atoms with E-state index in [-0.39, 0.29) is 11.9 Å². The number of carbonyl (C=O) groups excluding carboxylic acids is 1. The number of anilines is 1. The smallest absolute Gasteiger partial charge is 0.244 e. The fraction of sp³-hybridized carbons (Fsp3) is 0.452. The Balaban J connectivity index is 1.21. The summed E-state index contributed by atoms with van der Waals surface area (Å²) in [6.45, 7) is 6.61. The number of nitrogens with one attached hydrogen (secondary N) is 2. The minimum atomic E-state index is -0.0237. The third kappa shape index (κ3) is 7.17. The Bertz CT molecular complexity index is 1230. The van der Waals surface area contributed by atoms with Crippen molar-refractivity contribution < 1.29 is 4.79 Å². The molecule has 3 aromatic rings. The molecule has 0 aliphatic carbocycles. The van der Waals surface area contributed by atoms with Gasteiger partial charge in [-0.25, -0.2) is 4.98 Å². The van der Waals surface area contributed by atoms with Crippen molar-refractivity contribution in [3.8, 4) is 11.3 Å². The molecule has 0 radical (unpaired) electrons. The van der Waals surface area contributed by atoms with E-state index in [1.165, 1.54) is 32.4 Å². The molecule has 2 N–H and O–H groups in total. The molecule has 4 heterocycles. The van der Waals surface area contributed by atoms with Gasteiger partial charge in [0.25, 0.3) is 0 Å². The summed E-state index contributed by atoms with van der Waals surface area (Å²) < 4.78 is 0. The van der Waals surface area contributed by atoms with Crippen LogP contribution in [-0.2, 0) is 4.79 Å². The molecule has 1 amide bonds.